The van der Waals surface area contributed by atoms with E-state index in [4.69, 9.17) is 0 Å². The molecule has 0 heterocycles. The number of aldehydes is 1. The van der Waals surface area contributed by atoms with E-state index in [2.05, 4.69) is 58.3 Å². The first-order valence-electron chi connectivity index (χ1n) is 17.0. The van der Waals surface area contributed by atoms with E-state index in [-0.39, 0.29) is 33.0 Å². The summed E-state index contributed by atoms with van der Waals surface area (Å²) < 4.78 is 0. The van der Waals surface area contributed by atoms with Gasteiger partial charge in [-0.25, -0.2) is 0 Å². The summed E-state index contributed by atoms with van der Waals surface area (Å²) in [7, 11) is 8.07. The molecule has 0 aliphatic heterocycles. The third kappa shape index (κ3) is 6.87. The van der Waals surface area contributed by atoms with Crippen molar-refractivity contribution in [3.05, 3.63) is 130 Å². The summed E-state index contributed by atoms with van der Waals surface area (Å²) in [6.45, 7) is 0.0254. The third-order valence-corrected chi connectivity index (χ3v) is 10.0. The maximum Gasteiger partial charge on any atom is 0.164 e. The molecule has 2 aliphatic rings. The Hall–Kier alpha value is -5.59. The van der Waals surface area contributed by atoms with E-state index in [1.54, 1.807) is 0 Å². The van der Waals surface area contributed by atoms with Gasteiger partial charge in [-0.1, -0.05) is 87.6 Å². The zero-order chi connectivity index (χ0) is 35.1. The van der Waals surface area contributed by atoms with E-state index in [1.165, 1.54) is 5.39 Å². The van der Waals surface area contributed by atoms with Crippen LogP contribution >= 0.6 is 0 Å². The Bertz CT molecular complexity index is 2300. The molecule has 0 aromatic heterocycles. The van der Waals surface area contributed by atoms with Crippen molar-refractivity contribution in [2.24, 2.45) is 0 Å². The van der Waals surface area contributed by atoms with Crippen molar-refractivity contribution in [3.8, 4) is 22.3 Å². The van der Waals surface area contributed by atoms with Gasteiger partial charge in [0, 0.05) is 80.2 Å². The molecule has 0 atom stereocenters. The van der Waals surface area contributed by atoms with E-state index in [0.717, 1.165) is 96.7 Å². The van der Waals surface area contributed by atoms with Crippen molar-refractivity contribution in [2.75, 3.05) is 38.0 Å². The van der Waals surface area contributed by atoms with Crippen molar-refractivity contribution >= 4 is 50.8 Å². The molecule has 1 N–H and O–H groups in total. The molecule has 6 nitrogen and oxygen atoms in total. The largest absolute Gasteiger partial charge is 0.392 e. The van der Waals surface area contributed by atoms with E-state index in [9.17, 15) is 19.5 Å². The van der Waals surface area contributed by atoms with E-state index in [1.807, 2.05) is 76.7 Å². The van der Waals surface area contributed by atoms with Crippen LogP contribution < -0.4 is 9.80 Å². The molecule has 0 radical (unpaired) electrons. The summed E-state index contributed by atoms with van der Waals surface area (Å²) in [5, 5.41) is 13.8. The van der Waals surface area contributed by atoms with Crippen molar-refractivity contribution < 1.29 is 19.5 Å². The van der Waals surface area contributed by atoms with Crippen LogP contribution in [0.15, 0.2) is 97.1 Å². The van der Waals surface area contributed by atoms with Crippen LogP contribution in [0.2, 0.25) is 0 Å². The molecule has 0 spiro atoms. The maximum atomic E-state index is 12.6. The predicted molar refractivity (Wildman–Crippen MR) is 217 cm³/mol. The number of fused-ring (bicyclic) bond motifs is 4. The van der Waals surface area contributed by atoms with Gasteiger partial charge in [-0.05, 0) is 86.5 Å². The fraction of sp³-hybridized carbons (Fsp3) is 0.239. The van der Waals surface area contributed by atoms with Crippen molar-refractivity contribution in [3.63, 3.8) is 0 Å². The maximum absolute atomic E-state index is 12.6. The fourth-order valence-corrected chi connectivity index (χ4v) is 7.32. The van der Waals surface area contributed by atoms with Crippen LogP contribution in [-0.4, -0.2) is 51.1 Å². The van der Waals surface area contributed by atoms with Crippen LogP contribution in [-0.2, 0) is 19.4 Å². The Morgan fingerprint density at radius 2 is 0.981 bits per heavy atom. The van der Waals surface area contributed by atoms with Crippen molar-refractivity contribution in [2.45, 2.75) is 47.1 Å². The zero-order valence-corrected chi connectivity index (χ0v) is 28.9. The average molecular weight is 693 g/mol. The summed E-state index contributed by atoms with van der Waals surface area (Å²) >= 11 is 0. The number of hydrogen-bond acceptors (Lipinski definition) is 6. The molecule has 2 aliphatic carbocycles. The van der Waals surface area contributed by atoms with Crippen molar-refractivity contribution in [1.82, 2.24) is 0 Å². The van der Waals surface area contributed by atoms with Gasteiger partial charge in [0.1, 0.15) is 6.29 Å². The van der Waals surface area contributed by atoms with Gasteiger partial charge in [-0.2, -0.15) is 0 Å². The van der Waals surface area contributed by atoms with Crippen LogP contribution in [0.5, 0.6) is 0 Å². The molecule has 52 heavy (non-hydrogen) atoms. The van der Waals surface area contributed by atoms with Gasteiger partial charge in [0.25, 0.3) is 0 Å². The number of benzene rings is 6. The molecular weight excluding hydrogens is 645 g/mol. The number of rotatable bonds is 6. The summed E-state index contributed by atoms with van der Waals surface area (Å²) in [4.78, 5) is 40.3. The lowest BCUT2D eigenvalue weighted by molar-refractivity contribution is 0.0987. The molecule has 6 aromatic rings. The Labute approximate surface area is 307 Å². The molecule has 0 unspecified atom stereocenters. The van der Waals surface area contributed by atoms with Crippen LogP contribution in [0.3, 0.4) is 0 Å². The topological polar surface area (TPSA) is 77.9 Å². The van der Waals surface area contributed by atoms with Gasteiger partial charge >= 0.3 is 0 Å². The number of carbonyl (C=O) groups is 3. The van der Waals surface area contributed by atoms with Gasteiger partial charge in [-0.15, -0.1) is 0 Å². The molecule has 8 rings (SSSR count). The van der Waals surface area contributed by atoms with Gasteiger partial charge in [0.05, 0.1) is 6.61 Å². The zero-order valence-electron chi connectivity index (χ0n) is 28.9. The lowest BCUT2D eigenvalue weighted by atomic mass is 9.90. The van der Waals surface area contributed by atoms with Gasteiger partial charge in [-0.3, -0.25) is 14.4 Å². The van der Waals surface area contributed by atoms with Crippen LogP contribution in [0.1, 0.15) is 75.5 Å². The lowest BCUT2D eigenvalue weighted by Gasteiger charge is -2.17. The molecule has 0 saturated carbocycles. The third-order valence-electron chi connectivity index (χ3n) is 10.0. The average Bonchev–Trinajstić information content (AvgIpc) is 3.70. The SMILES string of the molecule is C.C.CN(C)c1ccc2cc3c(c(-c4ccc(C=O)cc4)c2c1)C(=O)CC3.CN(C)c1ccc2cc3c(c(-c4ccc(CO)cc4)c2c1)C(=O)CC3. The highest BCUT2D eigenvalue weighted by Crippen LogP contribution is 2.41. The number of carbonyl (C=O) groups excluding carboxylic acids is 3. The monoisotopic (exact) mass is 692 g/mol. The second kappa shape index (κ2) is 15.3. The fourth-order valence-electron chi connectivity index (χ4n) is 7.32. The summed E-state index contributed by atoms with van der Waals surface area (Å²) in [6, 6.07) is 32.5. The Morgan fingerprint density at radius 1 is 0.558 bits per heavy atom. The highest BCUT2D eigenvalue weighted by atomic mass is 16.3. The summed E-state index contributed by atoms with van der Waals surface area (Å²) in [6.07, 6.45) is 3.63. The smallest absolute Gasteiger partial charge is 0.164 e. The summed E-state index contributed by atoms with van der Waals surface area (Å²) in [5.74, 6) is 0.440. The van der Waals surface area contributed by atoms with E-state index >= 15 is 0 Å². The van der Waals surface area contributed by atoms with Gasteiger partial charge in [0.15, 0.2) is 11.6 Å². The second-order valence-electron chi connectivity index (χ2n) is 13.6. The first kappa shape index (κ1) is 37.7. The van der Waals surface area contributed by atoms with Gasteiger partial charge < -0.3 is 14.9 Å². The molecule has 0 saturated heterocycles. The molecular formula is C46H48N2O4. The Kier molecular flexibility index (Phi) is 11.1. The Balaban J connectivity index is 0.000000194. The first-order valence-corrected chi connectivity index (χ1v) is 17.0. The molecule has 6 heteroatoms. The minimum absolute atomic E-state index is 0. The normalized spacial score (nSPS) is 12.7. The number of anilines is 2. The van der Waals surface area contributed by atoms with E-state index < -0.39 is 0 Å². The van der Waals surface area contributed by atoms with Crippen LogP contribution in [0.25, 0.3) is 43.8 Å². The number of nitrogens with zero attached hydrogens (tertiary/aromatic N) is 2. The number of hydrogen-bond donors (Lipinski definition) is 1. The molecule has 266 valence electrons. The first-order chi connectivity index (χ1) is 24.2. The van der Waals surface area contributed by atoms with Crippen molar-refractivity contribution in [1.29, 1.82) is 0 Å². The summed E-state index contributed by atoms with van der Waals surface area (Å²) in [5.41, 5.74) is 11.8. The number of Topliss-reactive ketones (excluding diaryl/α,β-unsaturated/α-hetero) is 2. The van der Waals surface area contributed by atoms with Crippen LogP contribution in [0.4, 0.5) is 11.4 Å². The van der Waals surface area contributed by atoms with E-state index in [0.29, 0.717) is 18.4 Å². The quantitative estimate of drug-likeness (QED) is 0.175. The van der Waals surface area contributed by atoms with Gasteiger partial charge in [0.2, 0.25) is 0 Å². The molecule has 0 bridgehead atoms. The number of ketones is 2. The minimum Gasteiger partial charge on any atom is -0.392 e. The highest BCUT2D eigenvalue weighted by Gasteiger charge is 2.27. The predicted octanol–water partition coefficient (Wildman–Crippen LogP) is 9.98. The number of aliphatic hydroxyl groups is 1. The van der Waals surface area contributed by atoms with Crippen LogP contribution in [0, 0.1) is 0 Å². The standard InChI is InChI=1S/C22H21NO2.C22H19NO2.2CH4/c2*1-23(2)18-9-7-16-11-17-8-10-20(25)22(17)21(19(16)12-18)15-5-3-14(13-24)4-6-15;;/h3-7,9,11-12,24H,8,10,13H2,1-2H3;3-7,9,11-13H,8,10H2,1-2H3;2*1H4. The highest BCUT2D eigenvalue weighted by molar-refractivity contribution is 6.15. The number of aryl methyl sites for hydroxylation is 2. The minimum atomic E-state index is 0. The lowest BCUT2D eigenvalue weighted by Crippen LogP contribution is -2.08. The molecule has 0 amide bonds. The number of aliphatic hydroxyl groups excluding tert-OH is 1. The Morgan fingerprint density at radius 3 is 1.37 bits per heavy atom. The molecule has 0 fully saturated rings. The molecule has 6 aromatic carbocycles. The second-order valence-corrected chi connectivity index (χ2v) is 13.6.